The molecule has 7 heteroatoms. The average Bonchev–Trinajstić information content (AvgIpc) is 2.80. The molecule has 0 fully saturated rings. The van der Waals surface area contributed by atoms with Crippen molar-refractivity contribution < 1.29 is 19.4 Å². The zero-order valence-corrected chi connectivity index (χ0v) is 14.2. The van der Waals surface area contributed by atoms with Crippen LogP contribution in [0.1, 0.15) is 36.1 Å². The largest absolute Gasteiger partial charge is 0.477 e. The molecule has 1 amide bonds. The fourth-order valence-electron chi connectivity index (χ4n) is 1.85. The molecule has 1 aromatic carbocycles. The second kappa shape index (κ2) is 6.37. The topological polar surface area (TPSA) is 79.7 Å². The summed E-state index contributed by atoms with van der Waals surface area (Å²) < 4.78 is 5.42. The molecular weight excluding hydrogens is 316 g/mol. The maximum Gasteiger partial charge on any atom is 0.421 e. The minimum atomic E-state index is -1.07. The molecule has 1 N–H and O–H groups in total. The summed E-state index contributed by atoms with van der Waals surface area (Å²) in [6, 6.07) is 8.87. The van der Waals surface area contributed by atoms with Crippen molar-refractivity contribution in [3.05, 3.63) is 40.9 Å². The summed E-state index contributed by atoms with van der Waals surface area (Å²) in [4.78, 5) is 29.4. The van der Waals surface area contributed by atoms with Crippen LogP contribution in [0.25, 0.3) is 0 Å². The third kappa shape index (κ3) is 4.07. The van der Waals surface area contributed by atoms with Crippen molar-refractivity contribution in [1.29, 1.82) is 0 Å². The van der Waals surface area contributed by atoms with Crippen LogP contribution in [0.4, 0.5) is 15.6 Å². The number of aryl methyl sites for hydroxylation is 1. The number of benzene rings is 1. The van der Waals surface area contributed by atoms with E-state index in [1.54, 1.807) is 52.0 Å². The molecule has 23 heavy (non-hydrogen) atoms. The predicted molar refractivity (Wildman–Crippen MR) is 88.6 cm³/mol. The van der Waals surface area contributed by atoms with Gasteiger partial charge in [-0.05, 0) is 39.8 Å². The molecule has 0 aliphatic carbocycles. The van der Waals surface area contributed by atoms with Crippen LogP contribution in [-0.4, -0.2) is 27.8 Å². The molecule has 0 radical (unpaired) electrons. The van der Waals surface area contributed by atoms with Crippen molar-refractivity contribution in [2.24, 2.45) is 0 Å². The number of anilines is 2. The Morgan fingerprint density at radius 1 is 1.22 bits per heavy atom. The summed E-state index contributed by atoms with van der Waals surface area (Å²) in [7, 11) is 0. The van der Waals surface area contributed by atoms with Crippen molar-refractivity contribution in [2.45, 2.75) is 33.3 Å². The molecule has 2 aromatic rings. The van der Waals surface area contributed by atoms with E-state index in [-0.39, 0.29) is 10.0 Å². The number of aromatic nitrogens is 1. The highest BCUT2D eigenvalue weighted by Crippen LogP contribution is 2.33. The number of aromatic carboxylic acids is 1. The number of hydrogen-bond donors (Lipinski definition) is 1. The molecule has 0 atom stereocenters. The summed E-state index contributed by atoms with van der Waals surface area (Å²) in [6.07, 6.45) is -0.602. The van der Waals surface area contributed by atoms with Crippen LogP contribution in [0.3, 0.4) is 0 Å². The molecule has 0 bridgehead atoms. The minimum Gasteiger partial charge on any atom is -0.477 e. The van der Waals surface area contributed by atoms with Gasteiger partial charge in [0.25, 0.3) is 0 Å². The van der Waals surface area contributed by atoms with Crippen LogP contribution in [0.2, 0.25) is 0 Å². The zero-order valence-electron chi connectivity index (χ0n) is 13.4. The fourth-order valence-corrected chi connectivity index (χ4v) is 2.77. The molecule has 0 spiro atoms. The van der Waals surface area contributed by atoms with Gasteiger partial charge in [-0.25, -0.2) is 19.5 Å². The Balaban J connectivity index is 2.48. The van der Waals surface area contributed by atoms with Gasteiger partial charge in [0.1, 0.15) is 10.5 Å². The van der Waals surface area contributed by atoms with Gasteiger partial charge in [-0.15, -0.1) is 0 Å². The normalized spacial score (nSPS) is 11.1. The number of thiazole rings is 1. The lowest BCUT2D eigenvalue weighted by atomic mass is 10.2. The van der Waals surface area contributed by atoms with E-state index >= 15 is 0 Å². The van der Waals surface area contributed by atoms with Crippen LogP contribution in [0.5, 0.6) is 0 Å². The second-order valence-corrected chi connectivity index (χ2v) is 6.84. The van der Waals surface area contributed by atoms with Crippen LogP contribution >= 0.6 is 11.3 Å². The van der Waals surface area contributed by atoms with Gasteiger partial charge in [-0.1, -0.05) is 29.5 Å². The van der Waals surface area contributed by atoms with Crippen molar-refractivity contribution in [3.63, 3.8) is 0 Å². The number of para-hydroxylation sites is 1. The van der Waals surface area contributed by atoms with Crippen molar-refractivity contribution in [1.82, 2.24) is 4.98 Å². The quantitative estimate of drug-likeness (QED) is 0.909. The molecule has 1 aromatic heterocycles. The Bertz CT molecular complexity index is 719. The lowest BCUT2D eigenvalue weighted by Gasteiger charge is -2.25. The van der Waals surface area contributed by atoms with Gasteiger partial charge < -0.3 is 9.84 Å². The van der Waals surface area contributed by atoms with E-state index in [1.807, 2.05) is 6.07 Å². The average molecular weight is 334 g/mol. The highest BCUT2D eigenvalue weighted by molar-refractivity contribution is 7.17. The van der Waals surface area contributed by atoms with E-state index in [0.29, 0.717) is 11.4 Å². The van der Waals surface area contributed by atoms with Gasteiger partial charge in [0.05, 0.1) is 11.4 Å². The fraction of sp³-hybridized carbons (Fsp3) is 0.312. The van der Waals surface area contributed by atoms with Gasteiger partial charge in [0, 0.05) is 0 Å². The Hall–Kier alpha value is -2.41. The van der Waals surface area contributed by atoms with E-state index in [2.05, 4.69) is 4.98 Å². The first-order valence-electron chi connectivity index (χ1n) is 6.98. The lowest BCUT2D eigenvalue weighted by molar-refractivity contribution is 0.0598. The number of ether oxygens (including phenoxy) is 1. The van der Waals surface area contributed by atoms with Crippen molar-refractivity contribution >= 4 is 34.2 Å². The number of hydrogen-bond acceptors (Lipinski definition) is 5. The van der Waals surface area contributed by atoms with Crippen molar-refractivity contribution in [2.75, 3.05) is 4.90 Å². The smallest absolute Gasteiger partial charge is 0.421 e. The highest BCUT2D eigenvalue weighted by atomic mass is 32.1. The molecule has 1 heterocycles. The third-order valence-corrected chi connectivity index (χ3v) is 3.89. The number of amides is 1. The maximum absolute atomic E-state index is 12.6. The van der Waals surface area contributed by atoms with Gasteiger partial charge in [-0.3, -0.25) is 0 Å². The summed E-state index contributed by atoms with van der Waals surface area (Å²) >= 11 is 0.939. The molecule has 6 nitrogen and oxygen atoms in total. The molecule has 0 aliphatic heterocycles. The summed E-state index contributed by atoms with van der Waals surface area (Å²) in [5.41, 5.74) is 0.251. The Morgan fingerprint density at radius 2 is 1.83 bits per heavy atom. The standard InChI is InChI=1S/C16H18N2O4S/c1-10-12(13(19)20)23-14(17-10)18(11-8-6-5-7-9-11)15(21)22-16(2,3)4/h5-9H,1-4H3,(H,19,20). The Labute approximate surface area is 138 Å². The number of carbonyl (C=O) groups excluding carboxylic acids is 1. The number of nitrogens with zero attached hydrogens (tertiary/aromatic N) is 2. The first-order chi connectivity index (χ1) is 10.7. The van der Waals surface area contributed by atoms with E-state index in [4.69, 9.17) is 4.74 Å². The molecule has 0 aliphatic rings. The number of carboxylic acids is 1. The van der Waals surface area contributed by atoms with E-state index in [9.17, 15) is 14.7 Å². The highest BCUT2D eigenvalue weighted by Gasteiger charge is 2.28. The predicted octanol–water partition coefficient (Wildman–Crippen LogP) is 4.22. The number of rotatable bonds is 3. The van der Waals surface area contributed by atoms with Crippen LogP contribution < -0.4 is 4.90 Å². The first kappa shape index (κ1) is 17.0. The second-order valence-electron chi connectivity index (χ2n) is 5.87. The molecule has 0 saturated carbocycles. The van der Waals surface area contributed by atoms with Gasteiger partial charge in [0.2, 0.25) is 5.13 Å². The van der Waals surface area contributed by atoms with Crippen molar-refractivity contribution in [3.8, 4) is 0 Å². The molecular formula is C16H18N2O4S. The summed E-state index contributed by atoms with van der Waals surface area (Å²) in [5, 5.41) is 9.46. The van der Waals surface area contributed by atoms with Crippen LogP contribution in [-0.2, 0) is 4.74 Å². The SMILES string of the molecule is Cc1nc(N(C(=O)OC(C)(C)C)c2ccccc2)sc1C(=O)O. The zero-order chi connectivity index (χ0) is 17.2. The van der Waals surface area contributed by atoms with Gasteiger partial charge in [-0.2, -0.15) is 0 Å². The first-order valence-corrected chi connectivity index (χ1v) is 7.79. The van der Waals surface area contributed by atoms with Gasteiger partial charge >= 0.3 is 12.1 Å². The lowest BCUT2D eigenvalue weighted by Crippen LogP contribution is -2.33. The molecule has 0 saturated heterocycles. The van der Waals surface area contributed by atoms with E-state index in [0.717, 1.165) is 11.3 Å². The van der Waals surface area contributed by atoms with Crippen LogP contribution in [0.15, 0.2) is 30.3 Å². The molecule has 122 valence electrons. The Morgan fingerprint density at radius 3 is 2.30 bits per heavy atom. The minimum absolute atomic E-state index is 0.101. The number of carbonyl (C=O) groups is 2. The maximum atomic E-state index is 12.6. The Kier molecular flexibility index (Phi) is 4.70. The van der Waals surface area contributed by atoms with Gasteiger partial charge in [0.15, 0.2) is 0 Å². The van der Waals surface area contributed by atoms with E-state index in [1.165, 1.54) is 4.90 Å². The summed E-state index contributed by atoms with van der Waals surface area (Å²) in [5.74, 6) is -1.07. The summed E-state index contributed by atoms with van der Waals surface area (Å²) in [6.45, 7) is 6.90. The van der Waals surface area contributed by atoms with E-state index < -0.39 is 17.7 Å². The monoisotopic (exact) mass is 334 g/mol. The molecule has 0 unspecified atom stereocenters. The molecule has 2 rings (SSSR count). The number of carboxylic acid groups (broad SMARTS) is 1. The van der Waals surface area contributed by atoms with Crippen LogP contribution in [0, 0.1) is 6.92 Å². The third-order valence-electron chi connectivity index (χ3n) is 2.76.